The van der Waals surface area contributed by atoms with E-state index in [9.17, 15) is 4.79 Å². The van der Waals surface area contributed by atoms with Crippen LogP contribution >= 0.6 is 0 Å². The Morgan fingerprint density at radius 1 is 1.08 bits per heavy atom. The molecule has 132 valence electrons. The number of nitrogens with zero attached hydrogens (tertiary/aromatic N) is 4. The van der Waals surface area contributed by atoms with Gasteiger partial charge < -0.3 is 15.1 Å². The first-order valence-corrected chi connectivity index (χ1v) is 8.67. The van der Waals surface area contributed by atoms with Gasteiger partial charge in [0, 0.05) is 51.4 Å². The Morgan fingerprint density at radius 3 is 2.40 bits per heavy atom. The SMILES string of the molecule is CC(=O)N1CCN(c2cc(C)nc(NCc3ccc(C)cc3)n2)CC1. The van der Waals surface area contributed by atoms with Gasteiger partial charge in [0.15, 0.2) is 0 Å². The van der Waals surface area contributed by atoms with Crippen LogP contribution in [0.1, 0.15) is 23.7 Å². The molecule has 6 nitrogen and oxygen atoms in total. The van der Waals surface area contributed by atoms with Gasteiger partial charge in [0.1, 0.15) is 5.82 Å². The summed E-state index contributed by atoms with van der Waals surface area (Å²) in [6.07, 6.45) is 0. The smallest absolute Gasteiger partial charge is 0.225 e. The fraction of sp³-hybridized carbons (Fsp3) is 0.421. The zero-order chi connectivity index (χ0) is 17.8. The van der Waals surface area contributed by atoms with E-state index in [4.69, 9.17) is 0 Å². The molecular formula is C19H25N5O. The summed E-state index contributed by atoms with van der Waals surface area (Å²) in [6.45, 7) is 9.46. The largest absolute Gasteiger partial charge is 0.353 e. The van der Waals surface area contributed by atoms with Crippen LogP contribution in [0.4, 0.5) is 11.8 Å². The van der Waals surface area contributed by atoms with Gasteiger partial charge in [-0.15, -0.1) is 0 Å². The van der Waals surface area contributed by atoms with Crippen LogP contribution in [0.15, 0.2) is 30.3 Å². The Morgan fingerprint density at radius 2 is 1.76 bits per heavy atom. The third kappa shape index (κ3) is 4.47. The van der Waals surface area contributed by atoms with Gasteiger partial charge in [-0.05, 0) is 19.4 Å². The molecule has 1 aliphatic heterocycles. The van der Waals surface area contributed by atoms with E-state index in [-0.39, 0.29) is 5.91 Å². The maximum absolute atomic E-state index is 11.5. The lowest BCUT2D eigenvalue weighted by atomic mass is 10.1. The lowest BCUT2D eigenvalue weighted by Gasteiger charge is -2.35. The molecule has 3 rings (SSSR count). The van der Waals surface area contributed by atoms with Gasteiger partial charge >= 0.3 is 0 Å². The average molecular weight is 339 g/mol. The summed E-state index contributed by atoms with van der Waals surface area (Å²) in [5.74, 6) is 1.70. The molecule has 0 unspecified atom stereocenters. The van der Waals surface area contributed by atoms with Crippen molar-refractivity contribution in [2.45, 2.75) is 27.3 Å². The molecular weight excluding hydrogens is 314 g/mol. The van der Waals surface area contributed by atoms with Gasteiger partial charge in [-0.3, -0.25) is 4.79 Å². The number of hydrogen-bond donors (Lipinski definition) is 1. The van der Waals surface area contributed by atoms with Gasteiger partial charge in [-0.1, -0.05) is 29.8 Å². The first-order chi connectivity index (χ1) is 12.0. The topological polar surface area (TPSA) is 61.4 Å². The Bertz CT molecular complexity index is 736. The monoisotopic (exact) mass is 339 g/mol. The predicted molar refractivity (Wildman–Crippen MR) is 99.7 cm³/mol. The van der Waals surface area contributed by atoms with E-state index in [1.54, 1.807) is 6.92 Å². The summed E-state index contributed by atoms with van der Waals surface area (Å²) >= 11 is 0. The molecule has 1 aromatic heterocycles. The number of amides is 1. The van der Waals surface area contributed by atoms with Crippen LogP contribution in [0.5, 0.6) is 0 Å². The van der Waals surface area contributed by atoms with Gasteiger partial charge in [0.05, 0.1) is 0 Å². The maximum atomic E-state index is 11.5. The minimum atomic E-state index is 0.138. The molecule has 0 spiro atoms. The molecule has 6 heteroatoms. The van der Waals surface area contributed by atoms with Crippen molar-refractivity contribution in [3.63, 3.8) is 0 Å². The van der Waals surface area contributed by atoms with Crippen LogP contribution in [-0.2, 0) is 11.3 Å². The van der Waals surface area contributed by atoms with Crippen molar-refractivity contribution in [1.29, 1.82) is 0 Å². The second-order valence-electron chi connectivity index (χ2n) is 6.52. The number of benzene rings is 1. The highest BCUT2D eigenvalue weighted by Crippen LogP contribution is 2.17. The summed E-state index contributed by atoms with van der Waals surface area (Å²) in [7, 11) is 0. The van der Waals surface area contributed by atoms with Gasteiger partial charge in [0.2, 0.25) is 11.9 Å². The predicted octanol–water partition coefficient (Wildman–Crippen LogP) is 2.37. The Labute approximate surface area is 148 Å². The van der Waals surface area contributed by atoms with Crippen molar-refractivity contribution in [2.75, 3.05) is 36.4 Å². The van der Waals surface area contributed by atoms with Crippen molar-refractivity contribution in [3.8, 4) is 0 Å². The molecule has 1 saturated heterocycles. The normalized spacial score (nSPS) is 14.5. The van der Waals surface area contributed by atoms with Crippen molar-refractivity contribution in [3.05, 3.63) is 47.2 Å². The number of aryl methyl sites for hydroxylation is 2. The van der Waals surface area contributed by atoms with E-state index in [0.29, 0.717) is 12.5 Å². The highest BCUT2D eigenvalue weighted by molar-refractivity contribution is 5.73. The van der Waals surface area contributed by atoms with E-state index in [1.807, 2.05) is 17.9 Å². The molecule has 0 radical (unpaired) electrons. The Hall–Kier alpha value is -2.63. The van der Waals surface area contributed by atoms with E-state index in [2.05, 4.69) is 51.4 Å². The molecule has 25 heavy (non-hydrogen) atoms. The van der Waals surface area contributed by atoms with Crippen LogP contribution in [0.25, 0.3) is 0 Å². The number of anilines is 2. The quantitative estimate of drug-likeness (QED) is 0.927. The molecule has 0 aliphatic carbocycles. The molecule has 2 aromatic rings. The van der Waals surface area contributed by atoms with Crippen LogP contribution in [-0.4, -0.2) is 47.0 Å². The number of carbonyl (C=O) groups excluding carboxylic acids is 1. The number of aromatic nitrogens is 2. The molecule has 2 heterocycles. The van der Waals surface area contributed by atoms with Gasteiger partial charge in [-0.2, -0.15) is 4.98 Å². The van der Waals surface area contributed by atoms with E-state index >= 15 is 0 Å². The highest BCUT2D eigenvalue weighted by atomic mass is 16.2. The Kier molecular flexibility index (Phi) is 5.16. The van der Waals surface area contributed by atoms with E-state index in [0.717, 1.165) is 37.7 Å². The zero-order valence-electron chi connectivity index (χ0n) is 15.1. The van der Waals surface area contributed by atoms with Crippen LogP contribution in [0.3, 0.4) is 0 Å². The van der Waals surface area contributed by atoms with Crippen molar-refractivity contribution in [2.24, 2.45) is 0 Å². The number of nitrogens with one attached hydrogen (secondary N) is 1. The minimum absolute atomic E-state index is 0.138. The molecule has 1 amide bonds. The summed E-state index contributed by atoms with van der Waals surface area (Å²) in [5, 5.41) is 3.31. The first kappa shape index (κ1) is 17.2. The summed E-state index contributed by atoms with van der Waals surface area (Å²) in [6, 6.07) is 10.4. The number of rotatable bonds is 4. The molecule has 0 bridgehead atoms. The van der Waals surface area contributed by atoms with Crippen LogP contribution < -0.4 is 10.2 Å². The standard InChI is InChI=1S/C19H25N5O/c1-14-4-6-17(7-5-14)13-20-19-21-15(2)12-18(22-19)24-10-8-23(9-11-24)16(3)25/h4-7,12H,8-11,13H2,1-3H3,(H,20,21,22). The van der Waals surface area contributed by atoms with Crippen LogP contribution in [0.2, 0.25) is 0 Å². The summed E-state index contributed by atoms with van der Waals surface area (Å²) < 4.78 is 0. The third-order valence-electron chi connectivity index (χ3n) is 4.46. The van der Waals surface area contributed by atoms with E-state index < -0.39 is 0 Å². The fourth-order valence-electron chi connectivity index (χ4n) is 2.93. The number of hydrogen-bond acceptors (Lipinski definition) is 5. The number of piperazine rings is 1. The molecule has 1 aliphatic rings. The van der Waals surface area contributed by atoms with Crippen molar-refractivity contribution in [1.82, 2.24) is 14.9 Å². The summed E-state index contributed by atoms with van der Waals surface area (Å²) in [4.78, 5) is 24.7. The van der Waals surface area contributed by atoms with E-state index in [1.165, 1.54) is 11.1 Å². The lowest BCUT2D eigenvalue weighted by Crippen LogP contribution is -2.48. The molecule has 0 saturated carbocycles. The zero-order valence-corrected chi connectivity index (χ0v) is 15.1. The second kappa shape index (κ2) is 7.51. The van der Waals surface area contributed by atoms with Gasteiger partial charge in [0.25, 0.3) is 0 Å². The minimum Gasteiger partial charge on any atom is -0.353 e. The van der Waals surface area contributed by atoms with Crippen LogP contribution in [0, 0.1) is 13.8 Å². The lowest BCUT2D eigenvalue weighted by molar-refractivity contribution is -0.129. The summed E-state index contributed by atoms with van der Waals surface area (Å²) in [5.41, 5.74) is 3.39. The average Bonchev–Trinajstić information content (AvgIpc) is 2.61. The maximum Gasteiger partial charge on any atom is 0.225 e. The van der Waals surface area contributed by atoms with Crippen molar-refractivity contribution < 1.29 is 4.79 Å². The molecule has 1 aromatic carbocycles. The number of carbonyl (C=O) groups is 1. The molecule has 1 N–H and O–H groups in total. The Balaban J connectivity index is 1.66. The van der Waals surface area contributed by atoms with Gasteiger partial charge in [-0.25, -0.2) is 4.98 Å². The van der Waals surface area contributed by atoms with Crippen molar-refractivity contribution >= 4 is 17.7 Å². The third-order valence-corrected chi connectivity index (χ3v) is 4.46. The second-order valence-corrected chi connectivity index (χ2v) is 6.52. The first-order valence-electron chi connectivity index (χ1n) is 8.67. The molecule has 1 fully saturated rings. The highest BCUT2D eigenvalue weighted by Gasteiger charge is 2.20. The fourth-order valence-corrected chi connectivity index (χ4v) is 2.93. The molecule has 0 atom stereocenters.